The Kier molecular flexibility index (Phi) is 7.26. The number of carbonyl (C=O) groups is 2. The molecule has 2 N–H and O–H groups in total. The Labute approximate surface area is 270 Å². The number of carboxylic acid groups (broad SMARTS) is 2. The van der Waals surface area contributed by atoms with Crippen LogP contribution < -0.4 is 0 Å². The fourth-order valence-corrected chi connectivity index (χ4v) is 8.27. The lowest BCUT2D eigenvalue weighted by atomic mass is 9.83. The first-order chi connectivity index (χ1) is 22.2. The summed E-state index contributed by atoms with van der Waals surface area (Å²) >= 11 is 2.52. The molecule has 0 radical (unpaired) electrons. The van der Waals surface area contributed by atoms with E-state index in [9.17, 15) is 19.8 Å². The third-order valence-corrected chi connectivity index (χ3v) is 10.5. The SMILES string of the molecule is Cc1sc(-c2ccccc2)c(F)c1-c1c(-c2c(C)sc(-c3ccccc3)c2F)c2cc(C(=O)O)ccc2c2ccc(C(=O)O)cc12. The van der Waals surface area contributed by atoms with E-state index in [2.05, 4.69) is 0 Å². The van der Waals surface area contributed by atoms with Crippen molar-refractivity contribution in [1.82, 2.24) is 0 Å². The zero-order valence-corrected chi connectivity index (χ0v) is 26.2. The molecule has 0 aliphatic heterocycles. The van der Waals surface area contributed by atoms with Gasteiger partial charge in [-0.3, -0.25) is 0 Å². The smallest absolute Gasteiger partial charge is 0.335 e. The molecule has 0 amide bonds. The van der Waals surface area contributed by atoms with E-state index >= 15 is 8.78 Å². The minimum atomic E-state index is -1.16. The van der Waals surface area contributed by atoms with Gasteiger partial charge in [0, 0.05) is 32.0 Å². The Bertz CT molecular complexity index is 2190. The molecule has 0 unspecified atom stereocenters. The molecule has 0 saturated carbocycles. The minimum absolute atomic E-state index is 0.00901. The van der Waals surface area contributed by atoms with Crippen molar-refractivity contribution in [1.29, 1.82) is 0 Å². The van der Waals surface area contributed by atoms with E-state index in [1.165, 1.54) is 46.9 Å². The van der Waals surface area contributed by atoms with Crippen LogP contribution in [0.2, 0.25) is 0 Å². The van der Waals surface area contributed by atoms with Crippen LogP contribution in [0, 0.1) is 25.5 Å². The van der Waals surface area contributed by atoms with Gasteiger partial charge in [0.25, 0.3) is 0 Å². The maximum atomic E-state index is 16.9. The second-order valence-corrected chi connectivity index (χ2v) is 13.4. The largest absolute Gasteiger partial charge is 0.478 e. The van der Waals surface area contributed by atoms with Crippen molar-refractivity contribution in [3.8, 4) is 43.1 Å². The van der Waals surface area contributed by atoms with Crippen molar-refractivity contribution in [2.75, 3.05) is 0 Å². The molecule has 0 spiro atoms. The molecule has 2 aromatic heterocycles. The van der Waals surface area contributed by atoms with Crippen LogP contribution in [-0.4, -0.2) is 22.2 Å². The molecule has 4 nitrogen and oxygen atoms in total. The molecular formula is C38H24F2O4S2. The summed E-state index contributed by atoms with van der Waals surface area (Å²) in [6.07, 6.45) is 0. The maximum absolute atomic E-state index is 16.9. The molecule has 0 saturated heterocycles. The van der Waals surface area contributed by atoms with Crippen LogP contribution in [0.3, 0.4) is 0 Å². The minimum Gasteiger partial charge on any atom is -0.478 e. The Morgan fingerprint density at radius 3 is 1.24 bits per heavy atom. The lowest BCUT2D eigenvalue weighted by molar-refractivity contribution is 0.0686. The summed E-state index contributed by atoms with van der Waals surface area (Å²) in [5.74, 6) is -3.34. The Hall–Kier alpha value is -5.18. The zero-order valence-electron chi connectivity index (χ0n) is 24.5. The first-order valence-electron chi connectivity index (χ1n) is 14.3. The van der Waals surface area contributed by atoms with Crippen molar-refractivity contribution in [2.45, 2.75) is 13.8 Å². The predicted octanol–water partition coefficient (Wildman–Crippen LogP) is 11.1. The van der Waals surface area contributed by atoms with E-state index in [-0.39, 0.29) is 22.3 Å². The summed E-state index contributed by atoms with van der Waals surface area (Å²) in [7, 11) is 0. The van der Waals surface area contributed by atoms with Gasteiger partial charge in [-0.2, -0.15) is 0 Å². The quantitative estimate of drug-likeness (QED) is 0.176. The standard InChI is InChI=1S/C38H24F2O4S2/c1-19-29(33(39)35(45-19)21-9-5-3-6-10-21)31-27-17-23(37(41)42)13-15-25(27)26-16-14-24(38(43)44)18-28(26)32(31)30-20(2)46-36(34(30)40)22-11-7-4-8-12-22/h3-18H,1-2H3,(H,41,42)(H,43,44). The highest BCUT2D eigenvalue weighted by Crippen LogP contribution is 2.53. The molecule has 7 aromatic rings. The van der Waals surface area contributed by atoms with E-state index in [4.69, 9.17) is 0 Å². The average molecular weight is 647 g/mol. The molecular weight excluding hydrogens is 623 g/mol. The van der Waals surface area contributed by atoms with Crippen LogP contribution in [-0.2, 0) is 0 Å². The molecule has 2 heterocycles. The number of aromatic carboxylic acids is 2. The molecule has 0 aliphatic rings. The van der Waals surface area contributed by atoms with Crippen molar-refractivity contribution >= 4 is 56.2 Å². The summed E-state index contributed by atoms with van der Waals surface area (Å²) in [6, 6.07) is 27.5. The molecule has 46 heavy (non-hydrogen) atoms. The summed E-state index contributed by atoms with van der Waals surface area (Å²) < 4.78 is 33.9. The lowest BCUT2D eigenvalue weighted by Crippen LogP contribution is -2.01. The first-order valence-corrected chi connectivity index (χ1v) is 16.0. The van der Waals surface area contributed by atoms with Crippen molar-refractivity contribution in [2.24, 2.45) is 0 Å². The maximum Gasteiger partial charge on any atom is 0.335 e. The van der Waals surface area contributed by atoms with Crippen LogP contribution in [0.4, 0.5) is 8.78 Å². The van der Waals surface area contributed by atoms with Gasteiger partial charge < -0.3 is 10.2 Å². The number of thiophene rings is 2. The van der Waals surface area contributed by atoms with Crippen molar-refractivity contribution < 1.29 is 28.6 Å². The molecule has 0 fully saturated rings. The van der Waals surface area contributed by atoms with Gasteiger partial charge >= 0.3 is 11.9 Å². The summed E-state index contributed by atoms with van der Waals surface area (Å²) in [5.41, 5.74) is 2.42. The van der Waals surface area contributed by atoms with E-state index in [0.717, 1.165) is 0 Å². The van der Waals surface area contributed by atoms with Gasteiger partial charge in [-0.25, -0.2) is 18.4 Å². The highest BCUT2D eigenvalue weighted by molar-refractivity contribution is 7.16. The number of halogens is 2. The highest BCUT2D eigenvalue weighted by Gasteiger charge is 2.30. The van der Waals surface area contributed by atoms with Crippen LogP contribution in [0.5, 0.6) is 0 Å². The molecule has 0 aliphatic carbocycles. The van der Waals surface area contributed by atoms with Crippen molar-refractivity contribution in [3.05, 3.63) is 130 Å². The van der Waals surface area contributed by atoms with Crippen LogP contribution >= 0.6 is 22.7 Å². The summed E-state index contributed by atoms with van der Waals surface area (Å²) in [5, 5.41) is 22.0. The van der Waals surface area contributed by atoms with Crippen LogP contribution in [0.15, 0.2) is 97.1 Å². The van der Waals surface area contributed by atoms with Gasteiger partial charge in [0.2, 0.25) is 0 Å². The second-order valence-electron chi connectivity index (χ2n) is 11.0. The molecule has 8 heteroatoms. The predicted molar refractivity (Wildman–Crippen MR) is 182 cm³/mol. The van der Waals surface area contributed by atoms with E-state index in [1.54, 1.807) is 26.0 Å². The van der Waals surface area contributed by atoms with E-state index in [0.29, 0.717) is 63.3 Å². The lowest BCUT2D eigenvalue weighted by Gasteiger charge is -2.19. The number of hydrogen-bond donors (Lipinski definition) is 2. The van der Waals surface area contributed by atoms with Crippen LogP contribution in [0.25, 0.3) is 64.7 Å². The van der Waals surface area contributed by atoms with Gasteiger partial charge in [-0.1, -0.05) is 72.8 Å². The fraction of sp³-hybridized carbons (Fsp3) is 0.0526. The normalized spacial score (nSPS) is 11.4. The molecule has 0 atom stereocenters. The molecule has 0 bridgehead atoms. The van der Waals surface area contributed by atoms with E-state index in [1.807, 2.05) is 60.7 Å². The molecule has 226 valence electrons. The van der Waals surface area contributed by atoms with Gasteiger partial charge in [-0.05, 0) is 70.8 Å². The van der Waals surface area contributed by atoms with Gasteiger partial charge in [0.05, 0.1) is 20.9 Å². The topological polar surface area (TPSA) is 74.6 Å². The number of benzene rings is 5. The van der Waals surface area contributed by atoms with Crippen molar-refractivity contribution in [3.63, 3.8) is 0 Å². The van der Waals surface area contributed by atoms with E-state index < -0.39 is 23.6 Å². The third kappa shape index (κ3) is 4.69. The molecule has 5 aromatic carbocycles. The average Bonchev–Trinajstić information content (AvgIpc) is 3.53. The first kappa shape index (κ1) is 29.5. The number of carboxylic acids is 2. The number of aryl methyl sites for hydroxylation is 2. The monoisotopic (exact) mass is 646 g/mol. The Morgan fingerprint density at radius 1 is 0.522 bits per heavy atom. The third-order valence-electron chi connectivity index (χ3n) is 8.24. The Balaban J connectivity index is 1.71. The number of hydrogen-bond acceptors (Lipinski definition) is 4. The van der Waals surface area contributed by atoms with Crippen LogP contribution in [0.1, 0.15) is 30.5 Å². The summed E-state index contributed by atoms with van der Waals surface area (Å²) in [4.78, 5) is 26.5. The zero-order chi connectivity index (χ0) is 32.3. The fourth-order valence-electron chi connectivity index (χ4n) is 6.18. The Morgan fingerprint density at radius 2 is 0.891 bits per heavy atom. The number of fused-ring (bicyclic) bond motifs is 3. The molecule has 7 rings (SSSR count). The van der Waals surface area contributed by atoms with Gasteiger partial charge in [-0.15, -0.1) is 22.7 Å². The second kappa shape index (κ2) is 11.3. The highest BCUT2D eigenvalue weighted by atomic mass is 32.1. The van der Waals surface area contributed by atoms with Gasteiger partial charge in [0.15, 0.2) is 0 Å². The summed E-state index contributed by atoms with van der Waals surface area (Å²) in [6.45, 7) is 3.58. The number of rotatable bonds is 6. The van der Waals surface area contributed by atoms with Gasteiger partial charge in [0.1, 0.15) is 11.6 Å².